The van der Waals surface area contributed by atoms with Gasteiger partial charge in [0.15, 0.2) is 0 Å². The van der Waals surface area contributed by atoms with Crippen LogP contribution in [0.4, 0.5) is 23.0 Å². The number of hydrogen-bond donors (Lipinski definition) is 2. The van der Waals surface area contributed by atoms with Gasteiger partial charge in [-0.15, -0.1) is 0 Å². The highest BCUT2D eigenvalue weighted by Crippen LogP contribution is 2.40. The Morgan fingerprint density at radius 2 is 2.03 bits per heavy atom. The van der Waals surface area contributed by atoms with E-state index in [1.54, 1.807) is 7.11 Å². The van der Waals surface area contributed by atoms with Crippen molar-refractivity contribution in [2.24, 2.45) is 7.05 Å². The van der Waals surface area contributed by atoms with E-state index in [0.29, 0.717) is 29.1 Å². The summed E-state index contributed by atoms with van der Waals surface area (Å²) in [6, 6.07) is 12.4. The second-order valence-corrected chi connectivity index (χ2v) is 10.1. The Morgan fingerprint density at radius 1 is 1.23 bits per heavy atom. The molecule has 2 N–H and O–H groups in total. The molecule has 1 aliphatic heterocycles. The minimum Gasteiger partial charge on any atom is -0.494 e. The fourth-order valence-corrected chi connectivity index (χ4v) is 5.26. The molecule has 0 bridgehead atoms. The van der Waals surface area contributed by atoms with E-state index >= 15 is 0 Å². The van der Waals surface area contributed by atoms with Crippen LogP contribution in [0.25, 0.3) is 22.2 Å². The van der Waals surface area contributed by atoms with Crippen molar-refractivity contribution in [2.75, 3.05) is 49.8 Å². The van der Waals surface area contributed by atoms with Crippen molar-refractivity contribution in [1.29, 1.82) is 0 Å². The maximum absolute atomic E-state index is 12.4. The first-order valence-corrected chi connectivity index (χ1v) is 13.0. The van der Waals surface area contributed by atoms with Gasteiger partial charge in [-0.1, -0.05) is 24.8 Å². The predicted octanol–water partition coefficient (Wildman–Crippen LogP) is 4.96. The molecule has 1 aliphatic rings. The molecule has 39 heavy (non-hydrogen) atoms. The number of benzene rings is 2. The average Bonchev–Trinajstić information content (AvgIpc) is 3.52. The first-order valence-electron chi connectivity index (χ1n) is 13.0. The molecule has 9 nitrogen and oxygen atoms in total. The van der Waals surface area contributed by atoms with Gasteiger partial charge in [-0.05, 0) is 50.7 Å². The van der Waals surface area contributed by atoms with E-state index in [0.717, 1.165) is 52.9 Å². The molecule has 5 rings (SSSR count). The Kier molecular flexibility index (Phi) is 7.26. The van der Waals surface area contributed by atoms with Crippen LogP contribution in [0.15, 0.2) is 61.4 Å². The summed E-state index contributed by atoms with van der Waals surface area (Å²) in [5.41, 5.74) is 6.17. The molecule has 1 unspecified atom stereocenters. The van der Waals surface area contributed by atoms with Crippen LogP contribution < -0.4 is 20.3 Å². The van der Waals surface area contributed by atoms with Crippen molar-refractivity contribution in [1.82, 2.24) is 19.4 Å². The third-order valence-electron chi connectivity index (χ3n) is 7.43. The molecule has 3 heterocycles. The zero-order valence-corrected chi connectivity index (χ0v) is 23.2. The number of likely N-dealkylation sites (N-methyl/N-ethyl adjacent to an activating group) is 2. The number of hydrogen-bond acceptors (Lipinski definition) is 7. The molecule has 0 aliphatic carbocycles. The molecule has 4 aromatic rings. The summed E-state index contributed by atoms with van der Waals surface area (Å²) in [6.45, 7) is 7.61. The quantitative estimate of drug-likeness (QED) is 0.314. The lowest BCUT2D eigenvalue weighted by Gasteiger charge is -2.29. The first-order chi connectivity index (χ1) is 18.8. The third kappa shape index (κ3) is 5.18. The van der Waals surface area contributed by atoms with E-state index in [-0.39, 0.29) is 5.91 Å². The van der Waals surface area contributed by atoms with Gasteiger partial charge in [0.05, 0.1) is 29.9 Å². The topological polar surface area (TPSA) is 87.5 Å². The van der Waals surface area contributed by atoms with Crippen LogP contribution in [0.1, 0.15) is 12.0 Å². The van der Waals surface area contributed by atoms with E-state index in [2.05, 4.69) is 69.0 Å². The van der Waals surface area contributed by atoms with Crippen molar-refractivity contribution in [3.8, 4) is 17.0 Å². The molecule has 1 saturated heterocycles. The number of ether oxygens (including phenoxy) is 1. The molecule has 9 heteroatoms. The Morgan fingerprint density at radius 3 is 2.74 bits per heavy atom. The van der Waals surface area contributed by atoms with Gasteiger partial charge in [-0.25, -0.2) is 9.97 Å². The lowest BCUT2D eigenvalue weighted by atomic mass is 10.1. The molecule has 2 aromatic carbocycles. The molecule has 0 saturated carbocycles. The Bertz CT molecular complexity index is 1540. The Hall–Kier alpha value is -4.37. The largest absolute Gasteiger partial charge is 0.494 e. The molecule has 1 fully saturated rings. The van der Waals surface area contributed by atoms with Gasteiger partial charge in [0.25, 0.3) is 0 Å². The monoisotopic (exact) mass is 525 g/mol. The minimum atomic E-state index is -0.283. The van der Waals surface area contributed by atoms with E-state index in [1.165, 1.54) is 6.08 Å². The van der Waals surface area contributed by atoms with Gasteiger partial charge in [-0.2, -0.15) is 0 Å². The summed E-state index contributed by atoms with van der Waals surface area (Å²) in [4.78, 5) is 26.3. The predicted molar refractivity (Wildman–Crippen MR) is 158 cm³/mol. The third-order valence-corrected chi connectivity index (χ3v) is 7.43. The first kappa shape index (κ1) is 26.2. The van der Waals surface area contributed by atoms with Crippen LogP contribution in [0.3, 0.4) is 0 Å². The number of rotatable bonds is 8. The van der Waals surface area contributed by atoms with E-state index in [1.807, 2.05) is 44.4 Å². The zero-order chi connectivity index (χ0) is 27.7. The zero-order valence-electron chi connectivity index (χ0n) is 23.2. The summed E-state index contributed by atoms with van der Waals surface area (Å²) in [5.74, 6) is 0.770. The van der Waals surface area contributed by atoms with E-state index in [4.69, 9.17) is 9.72 Å². The number of aryl methyl sites for hydroxylation is 2. The lowest BCUT2D eigenvalue weighted by Crippen LogP contribution is -2.34. The summed E-state index contributed by atoms with van der Waals surface area (Å²) < 4.78 is 7.89. The van der Waals surface area contributed by atoms with Crippen LogP contribution in [0.2, 0.25) is 0 Å². The highest BCUT2D eigenvalue weighted by molar-refractivity contribution is 6.02. The normalized spacial score (nSPS) is 15.4. The maximum atomic E-state index is 12.4. The molecule has 1 amide bonds. The summed E-state index contributed by atoms with van der Waals surface area (Å²) in [7, 11) is 7.84. The SMILES string of the molecule is C=CC(=O)Nc1cc(Nc2ncc(C)c(-c3cn(C)c4ccccc34)n2)c(OC)cc1N(C)C1CCN(C)C1. The van der Waals surface area contributed by atoms with Crippen molar-refractivity contribution >= 4 is 39.8 Å². The second-order valence-electron chi connectivity index (χ2n) is 10.1. The van der Waals surface area contributed by atoms with E-state index < -0.39 is 0 Å². The summed E-state index contributed by atoms with van der Waals surface area (Å²) >= 11 is 0. The van der Waals surface area contributed by atoms with Gasteiger partial charge in [0, 0.05) is 61.6 Å². The van der Waals surface area contributed by atoms with Crippen molar-refractivity contribution in [2.45, 2.75) is 19.4 Å². The fraction of sp³-hybridized carbons (Fsp3) is 0.300. The highest BCUT2D eigenvalue weighted by atomic mass is 16.5. The van der Waals surface area contributed by atoms with Crippen LogP contribution >= 0.6 is 0 Å². The Labute approximate surface area is 229 Å². The molecule has 1 atom stereocenters. The molecule has 202 valence electrons. The number of carbonyl (C=O) groups is 1. The van der Waals surface area contributed by atoms with Crippen LogP contribution in [-0.2, 0) is 11.8 Å². The van der Waals surface area contributed by atoms with Gasteiger partial charge >= 0.3 is 0 Å². The maximum Gasteiger partial charge on any atom is 0.247 e. The van der Waals surface area contributed by atoms with Crippen LogP contribution in [-0.4, -0.2) is 65.7 Å². The summed E-state index contributed by atoms with van der Waals surface area (Å²) in [6.07, 6.45) is 6.22. The van der Waals surface area contributed by atoms with Gasteiger partial charge in [0.2, 0.25) is 11.9 Å². The number of likely N-dealkylation sites (tertiary alicyclic amines) is 1. The van der Waals surface area contributed by atoms with Gasteiger partial charge in [0.1, 0.15) is 5.75 Å². The highest BCUT2D eigenvalue weighted by Gasteiger charge is 2.26. The minimum absolute atomic E-state index is 0.283. The van der Waals surface area contributed by atoms with Crippen molar-refractivity contribution in [3.05, 3.63) is 67.0 Å². The molecular weight excluding hydrogens is 490 g/mol. The molecule has 0 radical (unpaired) electrons. The number of nitrogens with one attached hydrogen (secondary N) is 2. The number of aromatic nitrogens is 3. The standard InChI is InChI=1S/C30H35N7O2/c1-7-28(38)32-23-14-24(27(39-6)15-26(23)37(5)20-12-13-35(3)17-20)33-30-31-16-19(2)29(34-30)22-18-36(4)25-11-9-8-10-21(22)25/h7-11,14-16,18,20H,1,12-13,17H2,2-6H3,(H,32,38)(H,31,33,34). The Balaban J connectivity index is 1.54. The van der Waals surface area contributed by atoms with Gasteiger partial charge in [-0.3, -0.25) is 4.79 Å². The van der Waals surface area contributed by atoms with Crippen molar-refractivity contribution in [3.63, 3.8) is 0 Å². The lowest BCUT2D eigenvalue weighted by molar-refractivity contribution is -0.111. The number of nitrogens with zero attached hydrogens (tertiary/aromatic N) is 5. The molecular formula is C30H35N7O2. The number of anilines is 4. The number of para-hydroxylation sites is 1. The fourth-order valence-electron chi connectivity index (χ4n) is 5.26. The number of amides is 1. The smallest absolute Gasteiger partial charge is 0.247 e. The number of carbonyl (C=O) groups excluding carboxylic acids is 1. The number of fused-ring (bicyclic) bond motifs is 1. The average molecular weight is 526 g/mol. The van der Waals surface area contributed by atoms with Gasteiger partial charge < -0.3 is 29.7 Å². The molecule has 2 aromatic heterocycles. The van der Waals surface area contributed by atoms with E-state index in [9.17, 15) is 4.79 Å². The van der Waals surface area contributed by atoms with Crippen LogP contribution in [0.5, 0.6) is 5.75 Å². The summed E-state index contributed by atoms with van der Waals surface area (Å²) in [5, 5.41) is 7.43. The number of methoxy groups -OCH3 is 1. The van der Waals surface area contributed by atoms with Crippen molar-refractivity contribution < 1.29 is 9.53 Å². The molecule has 0 spiro atoms. The second kappa shape index (κ2) is 10.8. The van der Waals surface area contributed by atoms with Crippen LogP contribution in [0, 0.1) is 6.92 Å².